The van der Waals surface area contributed by atoms with Crippen molar-refractivity contribution in [1.29, 1.82) is 0 Å². The Morgan fingerprint density at radius 3 is 2.48 bits per heavy atom. The summed E-state index contributed by atoms with van der Waals surface area (Å²) in [6.07, 6.45) is 0. The number of carbonyl (C=O) groups excluding carboxylic acids is 2. The Bertz CT molecular complexity index is 1930. The number of aromatic hydroxyl groups is 1. The second kappa shape index (κ2) is 11.6. The van der Waals surface area contributed by atoms with E-state index < -0.39 is 17.7 Å². The lowest BCUT2D eigenvalue weighted by atomic mass is 9.94. The predicted octanol–water partition coefficient (Wildman–Crippen LogP) is 6.49. The molecular formula is C35H31N3O6. The normalized spacial score (nSPS) is 16.1. The molecule has 1 aromatic heterocycles. The Morgan fingerprint density at radius 2 is 1.73 bits per heavy atom. The number of benzene rings is 4. The number of amides is 1. The molecule has 1 unspecified atom stereocenters. The first-order chi connectivity index (χ1) is 21.2. The van der Waals surface area contributed by atoms with Crippen LogP contribution in [0.4, 0.5) is 5.95 Å². The van der Waals surface area contributed by atoms with Crippen LogP contribution in [0.1, 0.15) is 40.8 Å². The van der Waals surface area contributed by atoms with Crippen molar-refractivity contribution < 1.29 is 29.3 Å². The van der Waals surface area contributed by atoms with Gasteiger partial charge in [0.1, 0.15) is 18.1 Å². The highest BCUT2D eigenvalue weighted by Gasteiger charge is 2.48. The van der Waals surface area contributed by atoms with Crippen molar-refractivity contribution in [1.82, 2.24) is 9.97 Å². The third-order valence-corrected chi connectivity index (χ3v) is 7.58. The van der Waals surface area contributed by atoms with Crippen LogP contribution in [-0.2, 0) is 16.2 Å². The summed E-state index contributed by atoms with van der Waals surface area (Å²) in [4.78, 5) is 36.4. The van der Waals surface area contributed by atoms with Gasteiger partial charge in [0, 0.05) is 5.56 Å². The van der Waals surface area contributed by atoms with Gasteiger partial charge >= 0.3 is 5.91 Å². The fourth-order valence-electron chi connectivity index (χ4n) is 5.41. The number of nitrogens with zero attached hydrogens (tertiary/aromatic N) is 2. The van der Waals surface area contributed by atoms with Gasteiger partial charge in [-0.2, -0.15) is 0 Å². The van der Waals surface area contributed by atoms with E-state index in [0.29, 0.717) is 34.5 Å². The molecule has 0 spiro atoms. The van der Waals surface area contributed by atoms with Crippen LogP contribution in [0.15, 0.2) is 90.5 Å². The maximum Gasteiger partial charge on any atom is 0.302 e. The van der Waals surface area contributed by atoms with Gasteiger partial charge in [0.05, 0.1) is 29.3 Å². The molecule has 5 aromatic rings. The van der Waals surface area contributed by atoms with E-state index in [1.807, 2.05) is 62.4 Å². The number of aliphatic hydroxyl groups excluding tert-OH is 1. The summed E-state index contributed by atoms with van der Waals surface area (Å²) in [5, 5.41) is 22.0. The zero-order chi connectivity index (χ0) is 31.0. The Balaban J connectivity index is 1.45. The molecule has 1 fully saturated rings. The molecule has 0 bridgehead atoms. The lowest BCUT2D eigenvalue weighted by molar-refractivity contribution is -0.132. The Hall–Kier alpha value is -5.57. The maximum absolute atomic E-state index is 13.7. The standard InChI is InChI=1S/C35H31N3O6/c1-4-43-29-18-23(11-14-27(29)39)31-30(33(41)34(42)38(31)35-36-25-13-10-20(2)16-26(25)37-35)32(40)24-12-15-28(21(3)17-24)44-19-22-8-6-5-7-9-22/h5-18,31,39-40H,4,19H2,1-3H3,(H,36,37)/b32-30+. The van der Waals surface area contributed by atoms with Crippen LogP contribution in [0.2, 0.25) is 0 Å². The highest BCUT2D eigenvalue weighted by molar-refractivity contribution is 6.51. The van der Waals surface area contributed by atoms with E-state index >= 15 is 0 Å². The van der Waals surface area contributed by atoms with Crippen LogP contribution in [0.5, 0.6) is 17.2 Å². The highest BCUT2D eigenvalue weighted by Crippen LogP contribution is 2.44. The summed E-state index contributed by atoms with van der Waals surface area (Å²) in [6, 6.07) is 24.0. The van der Waals surface area contributed by atoms with Gasteiger partial charge in [0.25, 0.3) is 5.78 Å². The molecule has 1 saturated heterocycles. The number of anilines is 1. The number of Topliss-reactive ketones (excluding diaryl/α,β-unsaturated/α-hetero) is 1. The summed E-state index contributed by atoms with van der Waals surface area (Å²) in [5.41, 5.74) is 4.75. The Labute approximate surface area is 254 Å². The number of phenols is 1. The predicted molar refractivity (Wildman–Crippen MR) is 167 cm³/mol. The molecule has 9 nitrogen and oxygen atoms in total. The van der Waals surface area contributed by atoms with Crippen LogP contribution >= 0.6 is 0 Å². The molecule has 3 N–H and O–H groups in total. The number of hydrogen-bond acceptors (Lipinski definition) is 7. The van der Waals surface area contributed by atoms with Gasteiger partial charge in [-0.15, -0.1) is 0 Å². The van der Waals surface area contributed by atoms with E-state index in [0.717, 1.165) is 16.7 Å². The van der Waals surface area contributed by atoms with E-state index in [9.17, 15) is 19.8 Å². The van der Waals surface area contributed by atoms with Gasteiger partial charge < -0.3 is 24.7 Å². The molecule has 4 aromatic carbocycles. The second-order valence-corrected chi connectivity index (χ2v) is 10.7. The quantitative estimate of drug-likeness (QED) is 0.107. The second-order valence-electron chi connectivity index (χ2n) is 10.7. The van der Waals surface area contributed by atoms with Crippen molar-refractivity contribution in [3.63, 3.8) is 0 Å². The molecule has 1 aliphatic heterocycles. The molecule has 0 radical (unpaired) electrons. The van der Waals surface area contributed by atoms with E-state index in [1.165, 1.54) is 11.0 Å². The fourth-order valence-corrected chi connectivity index (χ4v) is 5.41. The number of carbonyl (C=O) groups is 2. The smallest absolute Gasteiger partial charge is 0.302 e. The minimum Gasteiger partial charge on any atom is -0.507 e. The highest BCUT2D eigenvalue weighted by atomic mass is 16.5. The van der Waals surface area contributed by atoms with Crippen LogP contribution in [0, 0.1) is 13.8 Å². The molecular weight excluding hydrogens is 558 g/mol. The van der Waals surface area contributed by atoms with E-state index in [1.54, 1.807) is 37.3 Å². The van der Waals surface area contributed by atoms with Crippen molar-refractivity contribution in [2.24, 2.45) is 0 Å². The number of rotatable bonds is 8. The average Bonchev–Trinajstić information content (AvgIpc) is 3.55. The number of H-pyrrole nitrogens is 1. The lowest BCUT2D eigenvalue weighted by Crippen LogP contribution is -2.30. The van der Waals surface area contributed by atoms with Gasteiger partial charge in [-0.1, -0.05) is 42.5 Å². The van der Waals surface area contributed by atoms with Crippen LogP contribution in [-0.4, -0.2) is 38.5 Å². The third kappa shape index (κ3) is 5.24. The monoisotopic (exact) mass is 589 g/mol. The molecule has 2 heterocycles. The first-order valence-electron chi connectivity index (χ1n) is 14.3. The van der Waals surface area contributed by atoms with Gasteiger partial charge in [-0.25, -0.2) is 4.98 Å². The zero-order valence-electron chi connectivity index (χ0n) is 24.5. The maximum atomic E-state index is 13.7. The van der Waals surface area contributed by atoms with E-state index in [4.69, 9.17) is 9.47 Å². The summed E-state index contributed by atoms with van der Waals surface area (Å²) < 4.78 is 11.6. The van der Waals surface area contributed by atoms with Crippen molar-refractivity contribution in [2.75, 3.05) is 11.5 Å². The molecule has 9 heteroatoms. The molecule has 0 saturated carbocycles. The number of fused-ring (bicyclic) bond motifs is 1. The van der Waals surface area contributed by atoms with Crippen LogP contribution in [0.25, 0.3) is 16.8 Å². The van der Waals surface area contributed by atoms with Crippen molar-refractivity contribution >= 4 is 34.4 Å². The van der Waals surface area contributed by atoms with Crippen molar-refractivity contribution in [3.8, 4) is 17.2 Å². The molecule has 222 valence electrons. The number of hydrogen-bond donors (Lipinski definition) is 3. The van der Waals surface area contributed by atoms with Gasteiger partial charge in [0.15, 0.2) is 11.5 Å². The number of nitrogens with one attached hydrogen (secondary N) is 1. The van der Waals surface area contributed by atoms with Crippen molar-refractivity contribution in [3.05, 3.63) is 118 Å². The molecule has 44 heavy (non-hydrogen) atoms. The number of aliphatic hydroxyl groups is 1. The Morgan fingerprint density at radius 1 is 0.932 bits per heavy atom. The number of aromatic nitrogens is 2. The topological polar surface area (TPSA) is 125 Å². The number of ketones is 1. The Kier molecular flexibility index (Phi) is 7.53. The number of phenolic OH excluding ortho intramolecular Hbond substituents is 1. The molecule has 0 aliphatic carbocycles. The summed E-state index contributed by atoms with van der Waals surface area (Å²) in [6.45, 7) is 6.23. The average molecular weight is 590 g/mol. The summed E-state index contributed by atoms with van der Waals surface area (Å²) in [7, 11) is 0. The number of aromatic amines is 1. The van der Waals surface area contributed by atoms with Crippen molar-refractivity contribution in [2.45, 2.75) is 33.4 Å². The third-order valence-electron chi connectivity index (χ3n) is 7.58. The lowest BCUT2D eigenvalue weighted by Gasteiger charge is -2.23. The van der Waals surface area contributed by atoms with E-state index in [-0.39, 0.29) is 35.4 Å². The molecule has 1 aliphatic rings. The van der Waals surface area contributed by atoms with Crippen LogP contribution < -0.4 is 14.4 Å². The summed E-state index contributed by atoms with van der Waals surface area (Å²) in [5.74, 6) is -1.18. The molecule has 1 amide bonds. The summed E-state index contributed by atoms with van der Waals surface area (Å²) >= 11 is 0. The number of ether oxygens (including phenoxy) is 2. The van der Waals surface area contributed by atoms with Gasteiger partial charge in [-0.05, 0) is 85.5 Å². The van der Waals surface area contributed by atoms with Crippen LogP contribution in [0.3, 0.4) is 0 Å². The first-order valence-corrected chi connectivity index (χ1v) is 14.3. The van der Waals surface area contributed by atoms with Gasteiger partial charge in [0.2, 0.25) is 5.95 Å². The zero-order valence-corrected chi connectivity index (χ0v) is 24.5. The minimum absolute atomic E-state index is 0.0894. The minimum atomic E-state index is -1.06. The number of aryl methyl sites for hydroxylation is 2. The SMILES string of the molecule is CCOc1cc(C2/C(=C(\O)c3ccc(OCc4ccccc4)c(C)c3)C(=O)C(=O)N2c2nc3ccc(C)cc3[nH]2)ccc1O. The van der Waals surface area contributed by atoms with Gasteiger partial charge in [-0.3, -0.25) is 14.5 Å². The van der Waals surface area contributed by atoms with E-state index in [2.05, 4.69) is 9.97 Å². The largest absolute Gasteiger partial charge is 0.507 e. The first kappa shape index (κ1) is 28.5. The molecule has 6 rings (SSSR count). The fraction of sp³-hybridized carbons (Fsp3) is 0.171. The number of imidazole rings is 1. The molecule has 1 atom stereocenters.